The van der Waals surface area contributed by atoms with Gasteiger partial charge in [-0.15, -0.1) is 11.3 Å². The third kappa shape index (κ3) is 4.30. The molecular formula is C13H18O3S. The van der Waals surface area contributed by atoms with E-state index in [4.69, 9.17) is 4.74 Å². The Labute approximate surface area is 106 Å². The van der Waals surface area contributed by atoms with Gasteiger partial charge >= 0.3 is 5.97 Å². The lowest BCUT2D eigenvalue weighted by molar-refractivity contribution is -0.143. The van der Waals surface area contributed by atoms with Crippen LogP contribution in [0.5, 0.6) is 0 Å². The van der Waals surface area contributed by atoms with Crippen LogP contribution in [0.15, 0.2) is 6.07 Å². The van der Waals surface area contributed by atoms with E-state index in [0.29, 0.717) is 25.9 Å². The maximum absolute atomic E-state index is 11.9. The van der Waals surface area contributed by atoms with E-state index in [1.807, 2.05) is 19.9 Å². The second kappa shape index (κ2) is 6.55. The van der Waals surface area contributed by atoms with Gasteiger partial charge in [0.1, 0.15) is 0 Å². The van der Waals surface area contributed by atoms with Crippen molar-refractivity contribution in [2.75, 3.05) is 6.61 Å². The third-order valence-corrected chi connectivity index (χ3v) is 3.40. The lowest BCUT2D eigenvalue weighted by Gasteiger charge is -2.01. The summed E-state index contributed by atoms with van der Waals surface area (Å²) in [6.07, 6.45) is 1.30. The van der Waals surface area contributed by atoms with E-state index in [9.17, 15) is 9.59 Å². The lowest BCUT2D eigenvalue weighted by atomic mass is 10.1. The number of rotatable bonds is 6. The maximum atomic E-state index is 11.9. The predicted molar refractivity (Wildman–Crippen MR) is 68.6 cm³/mol. The molecule has 1 aromatic heterocycles. The number of carbonyl (C=O) groups excluding carboxylic acids is 2. The zero-order valence-corrected chi connectivity index (χ0v) is 11.4. The van der Waals surface area contributed by atoms with Gasteiger partial charge in [-0.2, -0.15) is 0 Å². The highest BCUT2D eigenvalue weighted by molar-refractivity contribution is 7.12. The summed E-state index contributed by atoms with van der Waals surface area (Å²) in [6, 6.07) is 1.92. The molecule has 0 aliphatic rings. The number of esters is 1. The summed E-state index contributed by atoms with van der Waals surface area (Å²) < 4.78 is 4.81. The quantitative estimate of drug-likeness (QED) is 0.578. The number of carbonyl (C=O) groups is 2. The van der Waals surface area contributed by atoms with E-state index in [1.165, 1.54) is 0 Å². The summed E-state index contributed by atoms with van der Waals surface area (Å²) in [4.78, 5) is 25.2. The molecule has 0 spiro atoms. The summed E-state index contributed by atoms with van der Waals surface area (Å²) in [7, 11) is 0. The molecule has 94 valence electrons. The summed E-state index contributed by atoms with van der Waals surface area (Å²) in [5.74, 6) is -0.102. The van der Waals surface area contributed by atoms with Crippen LogP contribution in [-0.2, 0) is 9.53 Å². The van der Waals surface area contributed by atoms with Gasteiger partial charge in [-0.25, -0.2) is 0 Å². The Bertz CT molecular complexity index is 407. The third-order valence-electron chi connectivity index (χ3n) is 2.43. The second-order valence-electron chi connectivity index (χ2n) is 3.91. The van der Waals surface area contributed by atoms with Gasteiger partial charge in [-0.05, 0) is 33.3 Å². The van der Waals surface area contributed by atoms with Crippen molar-refractivity contribution in [1.82, 2.24) is 0 Å². The minimum Gasteiger partial charge on any atom is -0.466 e. The number of ether oxygens (including phenoxy) is 1. The number of Topliss-reactive ketones (excluding diaryl/α,β-unsaturated/α-hetero) is 1. The molecule has 0 radical (unpaired) electrons. The van der Waals surface area contributed by atoms with Gasteiger partial charge in [0.15, 0.2) is 5.78 Å². The molecule has 0 aliphatic carbocycles. The fourth-order valence-electron chi connectivity index (χ4n) is 1.67. The molecule has 3 nitrogen and oxygen atoms in total. The van der Waals surface area contributed by atoms with E-state index < -0.39 is 0 Å². The van der Waals surface area contributed by atoms with Gasteiger partial charge in [-0.1, -0.05) is 0 Å². The first-order valence-electron chi connectivity index (χ1n) is 5.80. The van der Waals surface area contributed by atoms with Crippen molar-refractivity contribution in [1.29, 1.82) is 0 Å². The van der Waals surface area contributed by atoms with Crippen LogP contribution in [-0.4, -0.2) is 18.4 Å². The fourth-order valence-corrected chi connectivity index (χ4v) is 2.61. The number of ketones is 1. The van der Waals surface area contributed by atoms with Crippen LogP contribution in [0.1, 0.15) is 46.3 Å². The van der Waals surface area contributed by atoms with Gasteiger partial charge in [-0.3, -0.25) is 9.59 Å². The van der Waals surface area contributed by atoms with Gasteiger partial charge in [0, 0.05) is 28.2 Å². The van der Waals surface area contributed by atoms with Crippen LogP contribution in [0.4, 0.5) is 0 Å². The predicted octanol–water partition coefficient (Wildman–Crippen LogP) is 3.28. The van der Waals surface area contributed by atoms with Crippen LogP contribution < -0.4 is 0 Å². The largest absolute Gasteiger partial charge is 0.466 e. The average molecular weight is 254 g/mol. The first-order valence-corrected chi connectivity index (χ1v) is 6.62. The van der Waals surface area contributed by atoms with E-state index in [0.717, 1.165) is 15.3 Å². The van der Waals surface area contributed by atoms with Crippen molar-refractivity contribution in [2.45, 2.75) is 40.0 Å². The lowest BCUT2D eigenvalue weighted by Crippen LogP contribution is -2.05. The number of hydrogen-bond acceptors (Lipinski definition) is 4. The zero-order valence-electron chi connectivity index (χ0n) is 10.5. The summed E-state index contributed by atoms with van der Waals surface area (Å²) in [5.41, 5.74) is 0.802. The highest BCUT2D eigenvalue weighted by atomic mass is 32.1. The molecule has 1 heterocycles. The Morgan fingerprint density at radius 2 is 2.00 bits per heavy atom. The van der Waals surface area contributed by atoms with Crippen molar-refractivity contribution >= 4 is 23.1 Å². The van der Waals surface area contributed by atoms with Crippen molar-refractivity contribution in [2.24, 2.45) is 0 Å². The Kier molecular flexibility index (Phi) is 5.35. The molecule has 1 rings (SSSR count). The SMILES string of the molecule is CCOC(=O)CCCC(=O)c1cc(C)sc1C. The van der Waals surface area contributed by atoms with Crippen LogP contribution in [0.3, 0.4) is 0 Å². The molecule has 0 fully saturated rings. The van der Waals surface area contributed by atoms with Gasteiger partial charge in [0.05, 0.1) is 6.61 Å². The molecule has 0 unspecified atom stereocenters. The number of thiophene rings is 1. The molecule has 17 heavy (non-hydrogen) atoms. The van der Waals surface area contributed by atoms with Crippen molar-refractivity contribution in [3.05, 3.63) is 21.4 Å². The molecule has 0 aliphatic heterocycles. The standard InChI is InChI=1S/C13H18O3S/c1-4-16-13(15)7-5-6-12(14)11-8-9(2)17-10(11)3/h8H,4-7H2,1-3H3. The summed E-state index contributed by atoms with van der Waals surface area (Å²) >= 11 is 1.63. The average Bonchev–Trinajstić information content (AvgIpc) is 2.58. The van der Waals surface area contributed by atoms with Crippen LogP contribution in [0.2, 0.25) is 0 Å². The normalized spacial score (nSPS) is 10.3. The molecule has 0 saturated carbocycles. The number of aryl methyl sites for hydroxylation is 2. The molecule has 0 N–H and O–H groups in total. The highest BCUT2D eigenvalue weighted by Gasteiger charge is 2.12. The Morgan fingerprint density at radius 1 is 1.29 bits per heavy atom. The summed E-state index contributed by atoms with van der Waals surface area (Å²) in [6.45, 7) is 6.12. The highest BCUT2D eigenvalue weighted by Crippen LogP contribution is 2.22. The Morgan fingerprint density at radius 3 is 2.53 bits per heavy atom. The Hall–Kier alpha value is -1.16. The van der Waals surface area contributed by atoms with Gasteiger partial charge < -0.3 is 4.74 Å². The Balaban J connectivity index is 2.40. The van der Waals surface area contributed by atoms with Gasteiger partial charge in [0.25, 0.3) is 0 Å². The van der Waals surface area contributed by atoms with E-state index >= 15 is 0 Å². The first-order chi connectivity index (χ1) is 8.04. The molecular weight excluding hydrogens is 236 g/mol. The molecule has 0 saturated heterocycles. The summed E-state index contributed by atoms with van der Waals surface area (Å²) in [5, 5.41) is 0. The first kappa shape index (κ1) is 13.9. The molecule has 0 amide bonds. The molecule has 0 aromatic carbocycles. The van der Waals surface area contributed by atoms with E-state index in [2.05, 4.69) is 0 Å². The topological polar surface area (TPSA) is 43.4 Å². The smallest absolute Gasteiger partial charge is 0.305 e. The van der Waals surface area contributed by atoms with Crippen molar-refractivity contribution in [3.8, 4) is 0 Å². The van der Waals surface area contributed by atoms with Crippen LogP contribution >= 0.6 is 11.3 Å². The number of hydrogen-bond donors (Lipinski definition) is 0. The van der Waals surface area contributed by atoms with E-state index in [1.54, 1.807) is 18.3 Å². The van der Waals surface area contributed by atoms with Gasteiger partial charge in [0.2, 0.25) is 0 Å². The van der Waals surface area contributed by atoms with Crippen LogP contribution in [0, 0.1) is 13.8 Å². The fraction of sp³-hybridized carbons (Fsp3) is 0.538. The molecule has 1 aromatic rings. The van der Waals surface area contributed by atoms with Crippen molar-refractivity contribution in [3.63, 3.8) is 0 Å². The molecule has 4 heteroatoms. The second-order valence-corrected chi connectivity index (χ2v) is 5.37. The minimum absolute atomic E-state index is 0.121. The van der Waals surface area contributed by atoms with E-state index in [-0.39, 0.29) is 11.8 Å². The minimum atomic E-state index is -0.224. The maximum Gasteiger partial charge on any atom is 0.305 e. The molecule has 0 bridgehead atoms. The van der Waals surface area contributed by atoms with Crippen molar-refractivity contribution < 1.29 is 14.3 Å². The monoisotopic (exact) mass is 254 g/mol. The molecule has 0 atom stereocenters. The van der Waals surface area contributed by atoms with Crippen LogP contribution in [0.25, 0.3) is 0 Å². The zero-order chi connectivity index (χ0) is 12.8.